The fourth-order valence-corrected chi connectivity index (χ4v) is 2.36. The van der Waals surface area contributed by atoms with Gasteiger partial charge in [0.05, 0.1) is 13.2 Å². The molecule has 2 rings (SSSR count). The van der Waals surface area contributed by atoms with E-state index in [1.54, 1.807) is 6.07 Å². The standard InChI is InChI=1S/C14H21NO3/c1-3-15-11(9-10-5-4-6-10)12-7-8-13(18-12)14(16)17-2/h7-8,10-11,15H,3-6,9H2,1-2H3. The van der Waals surface area contributed by atoms with Crippen LogP contribution in [0.5, 0.6) is 0 Å². The van der Waals surface area contributed by atoms with Gasteiger partial charge in [0, 0.05) is 0 Å². The highest BCUT2D eigenvalue weighted by molar-refractivity contribution is 5.86. The number of furan rings is 1. The van der Waals surface area contributed by atoms with Crippen LogP contribution in [0.2, 0.25) is 0 Å². The minimum Gasteiger partial charge on any atom is -0.463 e. The third-order valence-electron chi connectivity index (χ3n) is 3.60. The first-order valence-corrected chi connectivity index (χ1v) is 6.66. The van der Waals surface area contributed by atoms with Crippen LogP contribution in [0.3, 0.4) is 0 Å². The first kappa shape index (κ1) is 13.1. The molecule has 0 radical (unpaired) electrons. The number of rotatable bonds is 6. The molecule has 1 atom stereocenters. The number of hydrogen-bond acceptors (Lipinski definition) is 4. The van der Waals surface area contributed by atoms with Crippen molar-refractivity contribution in [1.82, 2.24) is 5.32 Å². The van der Waals surface area contributed by atoms with E-state index in [1.807, 2.05) is 6.07 Å². The van der Waals surface area contributed by atoms with E-state index >= 15 is 0 Å². The van der Waals surface area contributed by atoms with Crippen LogP contribution in [-0.2, 0) is 4.74 Å². The van der Waals surface area contributed by atoms with Gasteiger partial charge in [0.2, 0.25) is 5.76 Å². The topological polar surface area (TPSA) is 51.5 Å². The predicted molar refractivity (Wildman–Crippen MR) is 68.4 cm³/mol. The zero-order chi connectivity index (χ0) is 13.0. The maximum atomic E-state index is 11.4. The maximum absolute atomic E-state index is 11.4. The number of esters is 1. The minimum absolute atomic E-state index is 0.207. The Labute approximate surface area is 108 Å². The van der Waals surface area contributed by atoms with Crippen LogP contribution in [0.1, 0.15) is 55.0 Å². The monoisotopic (exact) mass is 251 g/mol. The van der Waals surface area contributed by atoms with Crippen LogP contribution in [0, 0.1) is 5.92 Å². The minimum atomic E-state index is -0.417. The van der Waals surface area contributed by atoms with E-state index in [0.717, 1.165) is 24.6 Å². The molecule has 4 heteroatoms. The van der Waals surface area contributed by atoms with E-state index in [-0.39, 0.29) is 11.8 Å². The molecule has 1 saturated carbocycles. The molecule has 0 amide bonds. The summed E-state index contributed by atoms with van der Waals surface area (Å²) < 4.78 is 10.2. The Morgan fingerprint density at radius 2 is 2.33 bits per heavy atom. The lowest BCUT2D eigenvalue weighted by atomic mass is 9.80. The number of hydrogen-bond donors (Lipinski definition) is 1. The van der Waals surface area contributed by atoms with Crippen molar-refractivity contribution in [2.45, 2.75) is 38.6 Å². The molecule has 1 heterocycles. The molecule has 0 aromatic carbocycles. The molecular formula is C14H21NO3. The van der Waals surface area contributed by atoms with Gasteiger partial charge >= 0.3 is 5.97 Å². The molecule has 1 aliphatic carbocycles. The lowest BCUT2D eigenvalue weighted by molar-refractivity contribution is 0.0561. The molecule has 1 fully saturated rings. The van der Waals surface area contributed by atoms with Crippen LogP contribution in [0.15, 0.2) is 16.5 Å². The Hall–Kier alpha value is -1.29. The van der Waals surface area contributed by atoms with Gasteiger partial charge in [-0.15, -0.1) is 0 Å². The second kappa shape index (κ2) is 6.05. The molecule has 1 aliphatic rings. The van der Waals surface area contributed by atoms with Crippen LogP contribution >= 0.6 is 0 Å². The fraction of sp³-hybridized carbons (Fsp3) is 0.643. The van der Waals surface area contributed by atoms with Crippen molar-refractivity contribution >= 4 is 5.97 Å². The number of methoxy groups -OCH3 is 1. The lowest BCUT2D eigenvalue weighted by Crippen LogP contribution is -2.25. The average molecular weight is 251 g/mol. The summed E-state index contributed by atoms with van der Waals surface area (Å²) >= 11 is 0. The summed E-state index contributed by atoms with van der Waals surface area (Å²) in [6.45, 7) is 2.98. The molecule has 4 nitrogen and oxygen atoms in total. The molecule has 1 aromatic rings. The van der Waals surface area contributed by atoms with E-state index in [4.69, 9.17) is 4.42 Å². The van der Waals surface area contributed by atoms with Crippen LogP contribution in [-0.4, -0.2) is 19.6 Å². The highest BCUT2D eigenvalue weighted by atomic mass is 16.5. The summed E-state index contributed by atoms with van der Waals surface area (Å²) in [4.78, 5) is 11.4. The molecule has 0 bridgehead atoms. The molecular weight excluding hydrogens is 230 g/mol. The first-order valence-electron chi connectivity index (χ1n) is 6.66. The van der Waals surface area contributed by atoms with Gasteiger partial charge in [-0.2, -0.15) is 0 Å². The van der Waals surface area contributed by atoms with Crippen LogP contribution < -0.4 is 5.32 Å². The van der Waals surface area contributed by atoms with Gasteiger partial charge in [0.15, 0.2) is 0 Å². The summed E-state index contributed by atoms with van der Waals surface area (Å²) in [6, 6.07) is 3.77. The van der Waals surface area contributed by atoms with Crippen molar-refractivity contribution < 1.29 is 13.9 Å². The third kappa shape index (κ3) is 2.93. The zero-order valence-electron chi connectivity index (χ0n) is 11.1. The SMILES string of the molecule is CCNC(CC1CCC1)c1ccc(C(=O)OC)o1. The smallest absolute Gasteiger partial charge is 0.373 e. The van der Waals surface area contributed by atoms with Gasteiger partial charge in [-0.3, -0.25) is 0 Å². The van der Waals surface area contributed by atoms with E-state index in [1.165, 1.54) is 26.4 Å². The third-order valence-corrected chi connectivity index (χ3v) is 3.60. The van der Waals surface area contributed by atoms with Crippen molar-refractivity contribution in [3.63, 3.8) is 0 Å². The Morgan fingerprint density at radius 3 is 2.89 bits per heavy atom. The van der Waals surface area contributed by atoms with E-state index < -0.39 is 5.97 Å². The van der Waals surface area contributed by atoms with Gasteiger partial charge in [-0.05, 0) is 31.0 Å². The number of ether oxygens (including phenoxy) is 1. The highest BCUT2D eigenvalue weighted by Crippen LogP contribution is 2.35. The van der Waals surface area contributed by atoms with Crippen LogP contribution in [0.25, 0.3) is 0 Å². The predicted octanol–water partition coefficient (Wildman–Crippen LogP) is 2.91. The lowest BCUT2D eigenvalue weighted by Gasteiger charge is -2.29. The summed E-state index contributed by atoms with van der Waals surface area (Å²) in [5, 5.41) is 3.42. The van der Waals surface area contributed by atoms with Gasteiger partial charge in [-0.1, -0.05) is 26.2 Å². The van der Waals surface area contributed by atoms with Crippen LogP contribution in [0.4, 0.5) is 0 Å². The van der Waals surface area contributed by atoms with Gasteiger partial charge < -0.3 is 14.5 Å². The van der Waals surface area contributed by atoms with Crippen molar-refractivity contribution in [3.8, 4) is 0 Å². The highest BCUT2D eigenvalue weighted by Gasteiger charge is 2.25. The van der Waals surface area contributed by atoms with E-state index in [9.17, 15) is 4.79 Å². The molecule has 1 aromatic heterocycles. The molecule has 1 N–H and O–H groups in total. The molecule has 18 heavy (non-hydrogen) atoms. The fourth-order valence-electron chi connectivity index (χ4n) is 2.36. The maximum Gasteiger partial charge on any atom is 0.373 e. The summed E-state index contributed by atoms with van der Waals surface area (Å²) in [7, 11) is 1.36. The molecule has 1 unspecified atom stereocenters. The molecule has 0 saturated heterocycles. The Kier molecular flexibility index (Phi) is 4.42. The largest absolute Gasteiger partial charge is 0.463 e. The van der Waals surface area contributed by atoms with E-state index in [0.29, 0.717) is 0 Å². The van der Waals surface area contributed by atoms with E-state index in [2.05, 4.69) is 17.0 Å². The van der Waals surface area contributed by atoms with Gasteiger partial charge in [0.25, 0.3) is 0 Å². The molecule has 100 valence electrons. The summed E-state index contributed by atoms with van der Waals surface area (Å²) in [5.74, 6) is 1.49. The quantitative estimate of drug-likeness (QED) is 0.790. The number of nitrogens with one attached hydrogen (secondary N) is 1. The Bertz CT molecular complexity index is 395. The average Bonchev–Trinajstić information content (AvgIpc) is 2.80. The second-order valence-corrected chi connectivity index (χ2v) is 4.84. The number of carbonyl (C=O) groups excluding carboxylic acids is 1. The van der Waals surface area contributed by atoms with Crippen molar-refractivity contribution in [1.29, 1.82) is 0 Å². The van der Waals surface area contributed by atoms with Gasteiger partial charge in [-0.25, -0.2) is 4.79 Å². The van der Waals surface area contributed by atoms with Crippen molar-refractivity contribution in [2.75, 3.05) is 13.7 Å². The van der Waals surface area contributed by atoms with Gasteiger partial charge in [0.1, 0.15) is 5.76 Å². The normalized spacial score (nSPS) is 17.2. The summed E-state index contributed by atoms with van der Waals surface area (Å²) in [5.41, 5.74) is 0. The van der Waals surface area contributed by atoms with Crippen molar-refractivity contribution in [2.24, 2.45) is 5.92 Å². The first-order chi connectivity index (χ1) is 8.74. The van der Waals surface area contributed by atoms with Crippen molar-refractivity contribution in [3.05, 3.63) is 23.7 Å². The molecule has 0 spiro atoms. The molecule has 0 aliphatic heterocycles. The second-order valence-electron chi connectivity index (χ2n) is 4.84. The Morgan fingerprint density at radius 1 is 1.56 bits per heavy atom. The summed E-state index contributed by atoms with van der Waals surface area (Å²) in [6.07, 6.45) is 5.05. The Balaban J connectivity index is 2.04. The number of carbonyl (C=O) groups is 1. The zero-order valence-corrected chi connectivity index (χ0v) is 11.1.